The minimum atomic E-state index is -0.361. The molecule has 3 atom stereocenters. The minimum absolute atomic E-state index is 0.0793. The Morgan fingerprint density at radius 3 is 2.65 bits per heavy atom. The van der Waals surface area contributed by atoms with Gasteiger partial charge in [-0.3, -0.25) is 10.1 Å². The molecule has 0 aromatic heterocycles. The van der Waals surface area contributed by atoms with E-state index in [9.17, 15) is 10.1 Å². The highest BCUT2D eigenvalue weighted by atomic mass is 16.6. The topological polar surface area (TPSA) is 64.4 Å². The van der Waals surface area contributed by atoms with Crippen molar-refractivity contribution in [3.05, 3.63) is 28.3 Å². The molecule has 0 amide bonds. The van der Waals surface area contributed by atoms with Crippen LogP contribution in [0.15, 0.2) is 18.2 Å². The monoisotopic (exact) mass is 278 g/mol. The quantitative estimate of drug-likeness (QED) is 0.671. The fourth-order valence-corrected chi connectivity index (χ4v) is 2.81. The Bertz CT molecular complexity index is 490. The van der Waals surface area contributed by atoms with Crippen LogP contribution in [0.4, 0.5) is 11.4 Å². The van der Waals surface area contributed by atoms with Crippen LogP contribution >= 0.6 is 0 Å². The van der Waals surface area contributed by atoms with E-state index in [1.807, 2.05) is 0 Å². The number of benzene rings is 1. The van der Waals surface area contributed by atoms with Crippen LogP contribution in [0.3, 0.4) is 0 Å². The molecule has 1 aliphatic carbocycles. The van der Waals surface area contributed by atoms with Crippen molar-refractivity contribution in [2.24, 2.45) is 11.8 Å². The fourth-order valence-electron chi connectivity index (χ4n) is 2.81. The Kier molecular flexibility index (Phi) is 4.47. The summed E-state index contributed by atoms with van der Waals surface area (Å²) in [7, 11) is 1.51. The smallest absolute Gasteiger partial charge is 0.296 e. The second-order valence-corrected chi connectivity index (χ2v) is 5.75. The molecule has 0 spiro atoms. The normalized spacial score (nSPS) is 26.1. The maximum atomic E-state index is 11.2. The van der Waals surface area contributed by atoms with Crippen LogP contribution in [0.25, 0.3) is 0 Å². The van der Waals surface area contributed by atoms with Crippen molar-refractivity contribution in [3.8, 4) is 5.75 Å². The van der Waals surface area contributed by atoms with E-state index in [1.54, 1.807) is 12.1 Å². The Morgan fingerprint density at radius 2 is 2.05 bits per heavy atom. The van der Waals surface area contributed by atoms with Gasteiger partial charge in [-0.2, -0.15) is 0 Å². The number of nitro benzene ring substituents is 1. The molecule has 0 saturated heterocycles. The molecule has 0 aliphatic heterocycles. The highest BCUT2D eigenvalue weighted by molar-refractivity contribution is 5.64. The molecule has 1 fully saturated rings. The summed E-state index contributed by atoms with van der Waals surface area (Å²) in [5.41, 5.74) is 0.665. The summed E-state index contributed by atoms with van der Waals surface area (Å²) >= 11 is 0. The Hall–Kier alpha value is -1.78. The number of nitro groups is 1. The summed E-state index contributed by atoms with van der Waals surface area (Å²) in [6.07, 6.45) is 3.29. The van der Waals surface area contributed by atoms with Gasteiger partial charge in [0.1, 0.15) is 11.4 Å². The molecular weight excluding hydrogens is 256 g/mol. The van der Waals surface area contributed by atoms with Gasteiger partial charge in [0.25, 0.3) is 5.69 Å². The van der Waals surface area contributed by atoms with E-state index in [0.717, 1.165) is 18.8 Å². The average molecular weight is 278 g/mol. The number of methoxy groups -OCH3 is 1. The lowest BCUT2D eigenvalue weighted by molar-refractivity contribution is -0.384. The number of nitrogens with one attached hydrogen (secondary N) is 1. The summed E-state index contributed by atoms with van der Waals surface area (Å²) in [6.45, 7) is 4.53. The van der Waals surface area contributed by atoms with Crippen LogP contribution in [0.1, 0.15) is 33.1 Å². The van der Waals surface area contributed by atoms with Crippen molar-refractivity contribution in [1.29, 1.82) is 0 Å². The summed E-state index contributed by atoms with van der Waals surface area (Å²) in [5.74, 6) is 1.89. The molecule has 0 bridgehead atoms. The minimum Gasteiger partial charge on any atom is -0.496 e. The maximum absolute atomic E-state index is 11.2. The van der Waals surface area contributed by atoms with Crippen molar-refractivity contribution in [2.75, 3.05) is 12.4 Å². The first kappa shape index (κ1) is 14.6. The van der Waals surface area contributed by atoms with E-state index in [2.05, 4.69) is 19.2 Å². The van der Waals surface area contributed by atoms with Crippen LogP contribution in [0.5, 0.6) is 5.75 Å². The SMILES string of the molecule is COc1ccc(NC2CCC(C)C(C)C2)c([N+](=O)[O-])c1. The zero-order chi connectivity index (χ0) is 14.7. The van der Waals surface area contributed by atoms with Crippen LogP contribution in [-0.2, 0) is 0 Å². The molecule has 0 radical (unpaired) electrons. The summed E-state index contributed by atoms with van der Waals surface area (Å²) in [5, 5.41) is 14.5. The van der Waals surface area contributed by atoms with Crippen LogP contribution in [0, 0.1) is 22.0 Å². The van der Waals surface area contributed by atoms with Gasteiger partial charge in [0.15, 0.2) is 0 Å². The zero-order valence-corrected chi connectivity index (χ0v) is 12.3. The fraction of sp³-hybridized carbons (Fsp3) is 0.600. The summed E-state index contributed by atoms with van der Waals surface area (Å²) < 4.78 is 5.05. The van der Waals surface area contributed by atoms with Crippen molar-refractivity contribution in [1.82, 2.24) is 0 Å². The van der Waals surface area contributed by atoms with Gasteiger partial charge in [-0.1, -0.05) is 13.8 Å². The molecule has 20 heavy (non-hydrogen) atoms. The molecule has 1 N–H and O–H groups in total. The Labute approximate surface area is 119 Å². The van der Waals surface area contributed by atoms with Crippen molar-refractivity contribution in [3.63, 3.8) is 0 Å². The Balaban J connectivity index is 2.14. The molecule has 0 heterocycles. The first-order valence-corrected chi connectivity index (χ1v) is 7.10. The molecule has 5 heteroatoms. The molecule has 3 unspecified atom stereocenters. The van der Waals surface area contributed by atoms with E-state index in [1.165, 1.54) is 19.6 Å². The molecule has 1 aliphatic rings. The van der Waals surface area contributed by atoms with E-state index >= 15 is 0 Å². The first-order chi connectivity index (χ1) is 9.51. The second kappa shape index (κ2) is 6.11. The molecular formula is C15H22N2O3. The predicted octanol–water partition coefficient (Wildman–Crippen LogP) is 3.84. The van der Waals surface area contributed by atoms with E-state index in [0.29, 0.717) is 23.4 Å². The largest absolute Gasteiger partial charge is 0.496 e. The Morgan fingerprint density at radius 1 is 1.30 bits per heavy atom. The van der Waals surface area contributed by atoms with Gasteiger partial charge < -0.3 is 10.1 Å². The van der Waals surface area contributed by atoms with Gasteiger partial charge in [0.05, 0.1) is 18.1 Å². The molecule has 110 valence electrons. The number of hydrogen-bond donors (Lipinski definition) is 1. The number of rotatable bonds is 4. The third-order valence-corrected chi connectivity index (χ3v) is 4.36. The van der Waals surface area contributed by atoms with Crippen LogP contribution in [0.2, 0.25) is 0 Å². The van der Waals surface area contributed by atoms with Gasteiger partial charge in [-0.15, -0.1) is 0 Å². The number of ether oxygens (including phenoxy) is 1. The van der Waals surface area contributed by atoms with Gasteiger partial charge >= 0.3 is 0 Å². The average Bonchev–Trinajstić information content (AvgIpc) is 2.43. The molecule has 1 aromatic carbocycles. The van der Waals surface area contributed by atoms with Gasteiger partial charge in [-0.05, 0) is 43.2 Å². The van der Waals surface area contributed by atoms with Gasteiger partial charge in [-0.25, -0.2) is 0 Å². The summed E-state index contributed by atoms with van der Waals surface area (Å²) in [4.78, 5) is 10.8. The molecule has 5 nitrogen and oxygen atoms in total. The lowest BCUT2D eigenvalue weighted by Gasteiger charge is -2.33. The standard InChI is InChI=1S/C15H22N2O3/c1-10-4-5-12(8-11(10)2)16-14-7-6-13(20-3)9-15(14)17(18)19/h6-7,9-12,16H,4-5,8H2,1-3H3. The van der Waals surface area contributed by atoms with Gasteiger partial charge in [0, 0.05) is 6.04 Å². The highest BCUT2D eigenvalue weighted by Gasteiger charge is 2.26. The second-order valence-electron chi connectivity index (χ2n) is 5.75. The van der Waals surface area contributed by atoms with Crippen molar-refractivity contribution in [2.45, 2.75) is 39.2 Å². The van der Waals surface area contributed by atoms with E-state index < -0.39 is 0 Å². The molecule has 1 aromatic rings. The van der Waals surface area contributed by atoms with Crippen LogP contribution < -0.4 is 10.1 Å². The molecule has 2 rings (SSSR count). The number of nitrogens with zero attached hydrogens (tertiary/aromatic N) is 1. The van der Waals surface area contributed by atoms with Crippen LogP contribution in [-0.4, -0.2) is 18.1 Å². The summed E-state index contributed by atoms with van der Waals surface area (Å²) in [6, 6.07) is 5.27. The van der Waals surface area contributed by atoms with Gasteiger partial charge in [0.2, 0.25) is 0 Å². The van der Waals surface area contributed by atoms with E-state index in [-0.39, 0.29) is 10.6 Å². The van der Waals surface area contributed by atoms with Crippen molar-refractivity contribution < 1.29 is 9.66 Å². The molecule has 1 saturated carbocycles. The third kappa shape index (κ3) is 3.21. The third-order valence-electron chi connectivity index (χ3n) is 4.36. The zero-order valence-electron chi connectivity index (χ0n) is 12.3. The number of hydrogen-bond acceptors (Lipinski definition) is 4. The lowest BCUT2D eigenvalue weighted by Crippen LogP contribution is -2.30. The van der Waals surface area contributed by atoms with Crippen molar-refractivity contribution >= 4 is 11.4 Å². The van der Waals surface area contributed by atoms with E-state index in [4.69, 9.17) is 4.74 Å². The highest BCUT2D eigenvalue weighted by Crippen LogP contribution is 2.34. The predicted molar refractivity (Wildman–Crippen MR) is 79.2 cm³/mol. The first-order valence-electron chi connectivity index (χ1n) is 7.10. The number of anilines is 1. The maximum Gasteiger partial charge on any atom is 0.296 e. The lowest BCUT2D eigenvalue weighted by atomic mass is 9.79.